The van der Waals surface area contributed by atoms with Gasteiger partial charge in [-0.3, -0.25) is 14.2 Å². The average molecular weight is 436 g/mol. The molecule has 158 valence electrons. The van der Waals surface area contributed by atoms with Gasteiger partial charge in [0.2, 0.25) is 0 Å². The first-order valence-electron chi connectivity index (χ1n) is 10.00. The Morgan fingerprint density at radius 1 is 1.16 bits per heavy atom. The van der Waals surface area contributed by atoms with E-state index in [-0.39, 0.29) is 29.7 Å². The smallest absolute Gasteiger partial charge is 0.266 e. The Labute approximate surface area is 183 Å². The molecule has 31 heavy (non-hydrogen) atoms. The predicted molar refractivity (Wildman–Crippen MR) is 123 cm³/mol. The molecule has 2 aromatic heterocycles. The second-order valence-corrected chi connectivity index (χ2v) is 8.70. The summed E-state index contributed by atoms with van der Waals surface area (Å²) in [7, 11) is 0. The number of anilines is 1. The fraction of sp³-hybridized carbons (Fsp3) is 0.208. The molecule has 0 aliphatic carbocycles. The molecule has 0 aliphatic rings. The average Bonchev–Trinajstić information content (AvgIpc) is 3.07. The number of aryl methyl sites for hydroxylation is 1. The Morgan fingerprint density at radius 2 is 1.90 bits per heavy atom. The van der Waals surface area contributed by atoms with Crippen molar-refractivity contribution >= 4 is 33.1 Å². The van der Waals surface area contributed by atoms with Crippen molar-refractivity contribution in [2.75, 3.05) is 5.32 Å². The number of halogens is 1. The van der Waals surface area contributed by atoms with E-state index >= 15 is 0 Å². The number of hydrogen-bond donors (Lipinski definition) is 1. The van der Waals surface area contributed by atoms with Crippen LogP contribution in [0.25, 0.3) is 10.2 Å². The Bertz CT molecular complexity index is 1330. The second kappa shape index (κ2) is 8.43. The van der Waals surface area contributed by atoms with E-state index < -0.39 is 0 Å². The van der Waals surface area contributed by atoms with Crippen LogP contribution < -0.4 is 10.9 Å². The van der Waals surface area contributed by atoms with Gasteiger partial charge in [0.1, 0.15) is 16.5 Å². The highest BCUT2D eigenvalue weighted by molar-refractivity contribution is 7.20. The molecule has 0 atom stereocenters. The number of carbonyl (C=O) groups excluding carboxylic acids is 1. The second-order valence-electron chi connectivity index (χ2n) is 7.70. The van der Waals surface area contributed by atoms with E-state index in [0.29, 0.717) is 37.7 Å². The molecular weight excluding hydrogens is 413 g/mol. The lowest BCUT2D eigenvalue weighted by Crippen LogP contribution is -2.26. The van der Waals surface area contributed by atoms with Crippen LogP contribution in [0, 0.1) is 12.7 Å². The fourth-order valence-corrected chi connectivity index (χ4v) is 4.64. The quantitative estimate of drug-likeness (QED) is 0.461. The zero-order valence-electron chi connectivity index (χ0n) is 17.5. The summed E-state index contributed by atoms with van der Waals surface area (Å²) in [6.45, 7) is 5.90. The molecule has 1 amide bonds. The summed E-state index contributed by atoms with van der Waals surface area (Å²) in [5, 5.41) is 3.30. The lowest BCUT2D eigenvalue weighted by atomic mass is 10.1. The molecule has 2 heterocycles. The number of para-hydroxylation sites is 1. The molecule has 0 spiro atoms. The summed E-state index contributed by atoms with van der Waals surface area (Å²) in [5.41, 5.74) is 1.75. The first kappa shape index (κ1) is 20.9. The van der Waals surface area contributed by atoms with E-state index in [4.69, 9.17) is 4.98 Å². The molecule has 0 aliphatic heterocycles. The minimum atomic E-state index is -0.350. The Hall–Kier alpha value is -3.32. The number of rotatable bonds is 5. The van der Waals surface area contributed by atoms with Crippen LogP contribution in [0.2, 0.25) is 0 Å². The SMILES string of the molecule is Cc1c(C(=O)Nc2ccccc2)sc2nc(C(C)C)n(Cc3cccc(F)c3)c(=O)c12. The van der Waals surface area contributed by atoms with Crippen molar-refractivity contribution in [2.24, 2.45) is 0 Å². The molecule has 0 fully saturated rings. The Morgan fingerprint density at radius 3 is 2.58 bits per heavy atom. The number of fused-ring (bicyclic) bond motifs is 1. The third kappa shape index (κ3) is 4.14. The minimum absolute atomic E-state index is 0.0188. The maximum absolute atomic E-state index is 13.7. The molecule has 0 bridgehead atoms. The van der Waals surface area contributed by atoms with Gasteiger partial charge in [-0.1, -0.05) is 44.2 Å². The molecule has 0 saturated carbocycles. The van der Waals surface area contributed by atoms with Crippen LogP contribution in [0.1, 0.15) is 46.4 Å². The highest BCUT2D eigenvalue weighted by Gasteiger charge is 2.22. The summed E-state index contributed by atoms with van der Waals surface area (Å²) in [6, 6.07) is 15.4. The molecule has 1 N–H and O–H groups in total. The molecule has 0 saturated heterocycles. The van der Waals surface area contributed by atoms with Gasteiger partial charge in [-0.25, -0.2) is 9.37 Å². The first-order chi connectivity index (χ1) is 14.8. The number of carbonyl (C=O) groups is 1. The topological polar surface area (TPSA) is 64.0 Å². The standard InChI is InChI=1S/C24H22FN3O2S/c1-14(2)21-27-23-19(24(30)28(21)13-16-8-7-9-17(25)12-16)15(3)20(31-23)22(29)26-18-10-5-4-6-11-18/h4-12,14H,13H2,1-3H3,(H,26,29). The van der Waals surface area contributed by atoms with Gasteiger partial charge in [0.15, 0.2) is 0 Å². The minimum Gasteiger partial charge on any atom is -0.321 e. The first-order valence-corrected chi connectivity index (χ1v) is 10.8. The summed E-state index contributed by atoms with van der Waals surface area (Å²) < 4.78 is 15.3. The Balaban J connectivity index is 1.81. The van der Waals surface area contributed by atoms with Gasteiger partial charge in [0.25, 0.3) is 11.5 Å². The van der Waals surface area contributed by atoms with Crippen molar-refractivity contribution in [3.8, 4) is 0 Å². The van der Waals surface area contributed by atoms with Crippen LogP contribution in [0.5, 0.6) is 0 Å². The third-order valence-corrected chi connectivity index (χ3v) is 6.25. The van der Waals surface area contributed by atoms with E-state index in [1.54, 1.807) is 23.6 Å². The van der Waals surface area contributed by atoms with E-state index in [2.05, 4.69) is 5.32 Å². The zero-order valence-corrected chi connectivity index (χ0v) is 18.3. The molecule has 4 aromatic rings. The van der Waals surface area contributed by atoms with Crippen LogP contribution in [-0.4, -0.2) is 15.5 Å². The van der Waals surface area contributed by atoms with Crippen molar-refractivity contribution in [2.45, 2.75) is 33.2 Å². The maximum atomic E-state index is 13.7. The van der Waals surface area contributed by atoms with Crippen LogP contribution in [0.3, 0.4) is 0 Å². The monoisotopic (exact) mass is 435 g/mol. The lowest BCUT2D eigenvalue weighted by molar-refractivity contribution is 0.103. The molecule has 4 rings (SSSR count). The highest BCUT2D eigenvalue weighted by atomic mass is 32.1. The van der Waals surface area contributed by atoms with Gasteiger partial charge >= 0.3 is 0 Å². The van der Waals surface area contributed by atoms with Crippen molar-refractivity contribution < 1.29 is 9.18 Å². The van der Waals surface area contributed by atoms with Crippen LogP contribution >= 0.6 is 11.3 Å². The number of aromatic nitrogens is 2. The van der Waals surface area contributed by atoms with E-state index in [1.165, 1.54) is 23.5 Å². The molecule has 5 nitrogen and oxygen atoms in total. The largest absolute Gasteiger partial charge is 0.321 e. The van der Waals surface area contributed by atoms with Crippen LogP contribution in [0.15, 0.2) is 59.4 Å². The summed E-state index contributed by atoms with van der Waals surface area (Å²) in [5.74, 6) is -0.0289. The normalized spacial score (nSPS) is 11.3. The van der Waals surface area contributed by atoms with Crippen molar-refractivity contribution in [1.29, 1.82) is 0 Å². The fourth-order valence-electron chi connectivity index (χ4n) is 3.57. The highest BCUT2D eigenvalue weighted by Crippen LogP contribution is 2.29. The van der Waals surface area contributed by atoms with Gasteiger partial charge in [0.05, 0.1) is 16.8 Å². The van der Waals surface area contributed by atoms with Crippen molar-refractivity contribution in [1.82, 2.24) is 9.55 Å². The molecular formula is C24H22FN3O2S. The number of thiophene rings is 1. The van der Waals surface area contributed by atoms with Crippen LogP contribution in [0.4, 0.5) is 10.1 Å². The number of hydrogen-bond acceptors (Lipinski definition) is 4. The molecule has 7 heteroatoms. The summed E-state index contributed by atoms with van der Waals surface area (Å²) >= 11 is 1.22. The van der Waals surface area contributed by atoms with E-state index in [0.717, 1.165) is 0 Å². The number of benzene rings is 2. The van der Waals surface area contributed by atoms with Crippen molar-refractivity contribution in [3.63, 3.8) is 0 Å². The van der Waals surface area contributed by atoms with Gasteiger partial charge in [-0.15, -0.1) is 11.3 Å². The van der Waals surface area contributed by atoms with Gasteiger partial charge < -0.3 is 5.32 Å². The van der Waals surface area contributed by atoms with Crippen molar-refractivity contribution in [3.05, 3.63) is 92.6 Å². The van der Waals surface area contributed by atoms with E-state index in [9.17, 15) is 14.0 Å². The lowest BCUT2D eigenvalue weighted by Gasteiger charge is -2.15. The molecule has 0 unspecified atom stereocenters. The number of nitrogens with zero attached hydrogens (tertiary/aromatic N) is 2. The maximum Gasteiger partial charge on any atom is 0.266 e. The molecule has 2 aromatic carbocycles. The van der Waals surface area contributed by atoms with E-state index in [1.807, 2.05) is 44.2 Å². The number of nitrogens with one attached hydrogen (secondary N) is 1. The van der Waals surface area contributed by atoms with Gasteiger partial charge in [-0.05, 0) is 42.3 Å². The predicted octanol–water partition coefficient (Wildman–Crippen LogP) is 5.33. The Kier molecular flexibility index (Phi) is 5.69. The summed E-state index contributed by atoms with van der Waals surface area (Å²) in [4.78, 5) is 32.1. The zero-order chi connectivity index (χ0) is 22.1. The van der Waals surface area contributed by atoms with Gasteiger partial charge in [0, 0.05) is 11.6 Å². The number of amides is 1. The molecule has 0 radical (unpaired) electrons. The summed E-state index contributed by atoms with van der Waals surface area (Å²) in [6.07, 6.45) is 0. The van der Waals surface area contributed by atoms with Gasteiger partial charge in [-0.2, -0.15) is 0 Å². The third-order valence-electron chi connectivity index (χ3n) is 5.06. The van der Waals surface area contributed by atoms with Crippen LogP contribution in [-0.2, 0) is 6.54 Å².